The summed E-state index contributed by atoms with van der Waals surface area (Å²) in [5, 5.41) is 9.66. The van der Waals surface area contributed by atoms with E-state index >= 15 is 0 Å². The molecule has 27 heavy (non-hydrogen) atoms. The number of aromatic nitrogens is 1. The van der Waals surface area contributed by atoms with Crippen molar-refractivity contribution in [2.45, 2.75) is 25.8 Å². The van der Waals surface area contributed by atoms with Crippen molar-refractivity contribution >= 4 is 29.2 Å². The van der Waals surface area contributed by atoms with Crippen molar-refractivity contribution in [2.75, 3.05) is 31.1 Å². The Bertz CT molecular complexity index is 912. The van der Waals surface area contributed by atoms with E-state index in [0.717, 1.165) is 17.0 Å². The maximum absolute atomic E-state index is 12.0. The third-order valence-electron chi connectivity index (χ3n) is 5.39. The summed E-state index contributed by atoms with van der Waals surface area (Å²) in [7, 11) is 0. The molecular weight excluding hydrogens is 366 g/mol. The zero-order valence-corrected chi connectivity index (χ0v) is 16.1. The first-order valence-corrected chi connectivity index (χ1v) is 9.76. The second kappa shape index (κ2) is 6.53. The number of thiophene rings is 1. The molecule has 2 aliphatic heterocycles. The fourth-order valence-corrected chi connectivity index (χ4v) is 4.65. The Labute approximate surface area is 161 Å². The summed E-state index contributed by atoms with van der Waals surface area (Å²) >= 11 is 1.63. The number of amides is 1. The molecule has 0 bridgehead atoms. The topological polar surface area (TPSA) is 83.0 Å². The van der Waals surface area contributed by atoms with Crippen LogP contribution in [-0.2, 0) is 4.74 Å². The first-order valence-electron chi connectivity index (χ1n) is 8.94. The van der Waals surface area contributed by atoms with Gasteiger partial charge in [-0.3, -0.25) is 4.90 Å². The van der Waals surface area contributed by atoms with Crippen molar-refractivity contribution in [1.82, 2.24) is 9.88 Å². The number of carboxylic acid groups (broad SMARTS) is 1. The summed E-state index contributed by atoms with van der Waals surface area (Å²) in [5.74, 6) is -0.545. The number of pyridine rings is 1. The van der Waals surface area contributed by atoms with Crippen LogP contribution in [0.2, 0.25) is 0 Å². The highest BCUT2D eigenvalue weighted by atomic mass is 32.1. The van der Waals surface area contributed by atoms with E-state index in [1.165, 1.54) is 4.88 Å². The van der Waals surface area contributed by atoms with Crippen molar-refractivity contribution in [3.8, 4) is 10.6 Å². The van der Waals surface area contributed by atoms with Gasteiger partial charge in [0.15, 0.2) is 0 Å². The van der Waals surface area contributed by atoms with Gasteiger partial charge >= 0.3 is 12.1 Å². The molecular formula is C19H21N3O4S. The second-order valence-corrected chi connectivity index (χ2v) is 8.28. The third kappa shape index (κ3) is 2.93. The number of ether oxygens (including phenoxy) is 1. The second-order valence-electron chi connectivity index (χ2n) is 6.99. The van der Waals surface area contributed by atoms with E-state index < -0.39 is 11.5 Å². The summed E-state index contributed by atoms with van der Waals surface area (Å²) < 4.78 is 5.28. The van der Waals surface area contributed by atoms with Crippen molar-refractivity contribution in [3.05, 3.63) is 34.7 Å². The van der Waals surface area contributed by atoms with Crippen LogP contribution in [0.15, 0.2) is 24.3 Å². The van der Waals surface area contributed by atoms with Crippen LogP contribution in [0.4, 0.5) is 10.6 Å². The highest BCUT2D eigenvalue weighted by Gasteiger charge is 2.50. The van der Waals surface area contributed by atoms with E-state index in [0.29, 0.717) is 32.1 Å². The molecule has 2 aromatic rings. The van der Waals surface area contributed by atoms with Crippen molar-refractivity contribution in [2.24, 2.45) is 0 Å². The van der Waals surface area contributed by atoms with Gasteiger partial charge in [-0.15, -0.1) is 11.3 Å². The molecule has 2 fully saturated rings. The summed E-state index contributed by atoms with van der Waals surface area (Å²) in [6, 6.07) is 7.41. The van der Waals surface area contributed by atoms with E-state index in [1.807, 2.05) is 30.9 Å². The van der Waals surface area contributed by atoms with E-state index in [-0.39, 0.29) is 11.7 Å². The predicted molar refractivity (Wildman–Crippen MR) is 103 cm³/mol. The van der Waals surface area contributed by atoms with Gasteiger partial charge in [0.25, 0.3) is 0 Å². The molecule has 142 valence electrons. The smallest absolute Gasteiger partial charge is 0.410 e. The Morgan fingerprint density at radius 2 is 2.15 bits per heavy atom. The monoisotopic (exact) mass is 387 g/mol. The molecule has 0 aliphatic carbocycles. The quantitative estimate of drug-likeness (QED) is 0.867. The molecule has 1 amide bonds. The summed E-state index contributed by atoms with van der Waals surface area (Å²) in [4.78, 5) is 34.5. The lowest BCUT2D eigenvalue weighted by Crippen LogP contribution is -2.61. The Morgan fingerprint density at radius 3 is 2.81 bits per heavy atom. The number of hydrogen-bond acceptors (Lipinski definition) is 6. The molecule has 2 aliphatic rings. The molecule has 0 aromatic carbocycles. The van der Waals surface area contributed by atoms with Gasteiger partial charge in [-0.25, -0.2) is 14.6 Å². The van der Waals surface area contributed by atoms with Crippen molar-refractivity contribution < 1.29 is 19.4 Å². The zero-order valence-electron chi connectivity index (χ0n) is 15.3. The van der Waals surface area contributed by atoms with E-state index in [2.05, 4.69) is 0 Å². The molecule has 4 heterocycles. The van der Waals surface area contributed by atoms with Crippen LogP contribution in [0.5, 0.6) is 0 Å². The first-order chi connectivity index (χ1) is 12.9. The number of fused-ring (bicyclic) bond motifs is 1. The van der Waals surface area contributed by atoms with E-state index in [1.54, 1.807) is 28.4 Å². The van der Waals surface area contributed by atoms with Crippen LogP contribution in [0.3, 0.4) is 0 Å². The average Bonchev–Trinajstić information content (AvgIpc) is 3.25. The fraction of sp³-hybridized carbons (Fsp3) is 0.421. The standard InChI is InChI=1S/C19H21N3O4S/c1-3-19-10-21(8-9-22(19)18(25)26-11-19)16-13(17(23)24)5-6-14(20-16)15-7-4-12(2)27-15/h4-7H,3,8-11H2,1-2H3,(H,23,24). The fourth-order valence-electron chi connectivity index (χ4n) is 3.81. The number of aryl methyl sites for hydroxylation is 1. The van der Waals surface area contributed by atoms with Crippen molar-refractivity contribution in [3.63, 3.8) is 0 Å². The van der Waals surface area contributed by atoms with Gasteiger partial charge in [-0.1, -0.05) is 6.92 Å². The molecule has 0 spiro atoms. The molecule has 7 nitrogen and oxygen atoms in total. The summed E-state index contributed by atoms with van der Waals surface area (Å²) in [6.45, 7) is 5.91. The van der Waals surface area contributed by atoms with Gasteiger partial charge in [-0.05, 0) is 37.6 Å². The lowest BCUT2D eigenvalue weighted by Gasteiger charge is -2.45. The maximum atomic E-state index is 12.0. The Hall–Kier alpha value is -2.61. The summed E-state index contributed by atoms with van der Waals surface area (Å²) in [5.41, 5.74) is 0.513. The zero-order chi connectivity index (χ0) is 19.2. The van der Waals surface area contributed by atoms with Gasteiger partial charge in [0, 0.05) is 24.5 Å². The number of rotatable bonds is 4. The van der Waals surface area contributed by atoms with Gasteiger partial charge in [0.2, 0.25) is 0 Å². The van der Waals surface area contributed by atoms with Crippen LogP contribution in [0.25, 0.3) is 10.6 Å². The highest BCUT2D eigenvalue weighted by Crippen LogP contribution is 2.35. The van der Waals surface area contributed by atoms with Gasteiger partial charge in [-0.2, -0.15) is 0 Å². The Kier molecular flexibility index (Phi) is 4.30. The van der Waals surface area contributed by atoms with Crippen LogP contribution < -0.4 is 4.90 Å². The lowest BCUT2D eigenvalue weighted by atomic mass is 9.92. The van der Waals surface area contributed by atoms with Crippen molar-refractivity contribution in [1.29, 1.82) is 0 Å². The van der Waals surface area contributed by atoms with Gasteiger partial charge < -0.3 is 14.7 Å². The molecule has 1 unspecified atom stereocenters. The minimum absolute atomic E-state index is 0.178. The molecule has 0 saturated carbocycles. The average molecular weight is 387 g/mol. The molecule has 1 N–H and O–H groups in total. The predicted octanol–water partition coefficient (Wildman–Crippen LogP) is 3.24. The molecule has 2 aromatic heterocycles. The number of anilines is 1. The SMILES string of the molecule is CCC12COC(=O)N1CCN(c1nc(-c3ccc(C)s3)ccc1C(=O)O)C2. The number of hydrogen-bond donors (Lipinski definition) is 1. The Morgan fingerprint density at radius 1 is 1.33 bits per heavy atom. The highest BCUT2D eigenvalue weighted by molar-refractivity contribution is 7.15. The molecule has 1 atom stereocenters. The number of cyclic esters (lactones) is 1. The summed E-state index contributed by atoms with van der Waals surface area (Å²) in [6.07, 6.45) is 0.451. The van der Waals surface area contributed by atoms with E-state index in [9.17, 15) is 14.7 Å². The largest absolute Gasteiger partial charge is 0.478 e. The Balaban J connectivity index is 1.73. The van der Waals surface area contributed by atoms with Crippen LogP contribution in [-0.4, -0.2) is 58.8 Å². The van der Waals surface area contributed by atoms with Gasteiger partial charge in [0.1, 0.15) is 18.0 Å². The first kappa shape index (κ1) is 17.8. The number of nitrogens with zero attached hydrogens (tertiary/aromatic N) is 3. The minimum atomic E-state index is -1.00. The molecule has 0 radical (unpaired) electrons. The molecule has 4 rings (SSSR count). The van der Waals surface area contributed by atoms with Crippen LogP contribution in [0, 0.1) is 6.92 Å². The number of carboxylic acids is 1. The lowest BCUT2D eigenvalue weighted by molar-refractivity contribution is 0.0696. The number of carbonyl (C=O) groups is 2. The van der Waals surface area contributed by atoms with E-state index in [4.69, 9.17) is 9.72 Å². The third-order valence-corrected chi connectivity index (χ3v) is 6.42. The number of carbonyl (C=O) groups excluding carboxylic acids is 1. The minimum Gasteiger partial charge on any atom is -0.478 e. The molecule has 8 heteroatoms. The maximum Gasteiger partial charge on any atom is 0.410 e. The van der Waals surface area contributed by atoms with Gasteiger partial charge in [0.05, 0.1) is 16.1 Å². The normalized spacial score (nSPS) is 21.9. The van der Waals surface area contributed by atoms with Crippen LogP contribution >= 0.6 is 11.3 Å². The number of aromatic carboxylic acids is 1. The number of piperazine rings is 1. The van der Waals surface area contributed by atoms with Crippen LogP contribution in [0.1, 0.15) is 28.6 Å². The molecule has 2 saturated heterocycles.